The molecule has 4 heteroatoms. The normalized spacial score (nSPS) is 20.2. The van der Waals surface area contributed by atoms with E-state index in [0.29, 0.717) is 18.5 Å². The first-order valence-corrected chi connectivity index (χ1v) is 6.34. The van der Waals surface area contributed by atoms with E-state index in [0.717, 1.165) is 25.9 Å². The van der Waals surface area contributed by atoms with E-state index in [4.69, 9.17) is 0 Å². The van der Waals surface area contributed by atoms with Gasteiger partial charge in [0.1, 0.15) is 5.82 Å². The summed E-state index contributed by atoms with van der Waals surface area (Å²) in [5.74, 6) is -0.271. The van der Waals surface area contributed by atoms with Gasteiger partial charge in [-0.05, 0) is 43.7 Å². The third kappa shape index (κ3) is 3.62. The fourth-order valence-electron chi connectivity index (χ4n) is 2.26. The lowest BCUT2D eigenvalue weighted by Crippen LogP contribution is -2.23. The first kappa shape index (κ1) is 13.2. The van der Waals surface area contributed by atoms with Crippen LogP contribution in [-0.4, -0.2) is 41.5 Å². The maximum absolute atomic E-state index is 12.7. The molecule has 18 heavy (non-hydrogen) atoms. The first-order valence-electron chi connectivity index (χ1n) is 6.34. The van der Waals surface area contributed by atoms with Crippen molar-refractivity contribution in [3.63, 3.8) is 0 Å². The number of nitrogens with zero attached hydrogens (tertiary/aromatic N) is 1. The summed E-state index contributed by atoms with van der Waals surface area (Å²) in [6, 6.07) is 5.67. The average Bonchev–Trinajstić information content (AvgIpc) is 2.76. The minimum Gasteiger partial charge on any atom is -0.392 e. The summed E-state index contributed by atoms with van der Waals surface area (Å²) >= 11 is 0. The molecule has 1 aromatic carbocycles. The maximum Gasteiger partial charge on any atom is 0.162 e. The SMILES string of the molecule is O=C(CCCN1CCC(O)C1)c1ccc(F)cc1. The van der Waals surface area contributed by atoms with Gasteiger partial charge in [-0.15, -0.1) is 0 Å². The van der Waals surface area contributed by atoms with E-state index in [1.165, 1.54) is 24.3 Å². The highest BCUT2D eigenvalue weighted by Crippen LogP contribution is 2.11. The molecule has 0 aliphatic carbocycles. The summed E-state index contributed by atoms with van der Waals surface area (Å²) in [5.41, 5.74) is 0.567. The van der Waals surface area contributed by atoms with Crippen molar-refractivity contribution in [2.45, 2.75) is 25.4 Å². The number of aliphatic hydroxyl groups excluding tert-OH is 1. The van der Waals surface area contributed by atoms with E-state index >= 15 is 0 Å². The molecule has 0 amide bonds. The Kier molecular flexibility index (Phi) is 4.44. The molecular weight excluding hydrogens is 233 g/mol. The second-order valence-electron chi connectivity index (χ2n) is 4.78. The zero-order valence-electron chi connectivity index (χ0n) is 10.3. The van der Waals surface area contributed by atoms with Gasteiger partial charge < -0.3 is 10.0 Å². The molecule has 1 unspecified atom stereocenters. The first-order chi connectivity index (χ1) is 8.65. The van der Waals surface area contributed by atoms with E-state index in [1.807, 2.05) is 0 Å². The van der Waals surface area contributed by atoms with Crippen molar-refractivity contribution in [3.05, 3.63) is 35.6 Å². The van der Waals surface area contributed by atoms with Gasteiger partial charge in [-0.2, -0.15) is 0 Å². The Labute approximate surface area is 106 Å². The van der Waals surface area contributed by atoms with Crippen LogP contribution >= 0.6 is 0 Å². The number of likely N-dealkylation sites (tertiary alicyclic amines) is 1. The topological polar surface area (TPSA) is 40.5 Å². The number of halogens is 1. The molecule has 1 aromatic rings. The van der Waals surface area contributed by atoms with Crippen LogP contribution in [0, 0.1) is 5.82 Å². The van der Waals surface area contributed by atoms with Gasteiger partial charge in [0.2, 0.25) is 0 Å². The number of carbonyl (C=O) groups is 1. The summed E-state index contributed by atoms with van der Waals surface area (Å²) < 4.78 is 12.7. The van der Waals surface area contributed by atoms with Gasteiger partial charge >= 0.3 is 0 Å². The Hall–Kier alpha value is -1.26. The monoisotopic (exact) mass is 251 g/mol. The smallest absolute Gasteiger partial charge is 0.162 e. The van der Waals surface area contributed by atoms with Crippen molar-refractivity contribution >= 4 is 5.78 Å². The molecule has 0 bridgehead atoms. The largest absolute Gasteiger partial charge is 0.392 e. The number of Topliss-reactive ketones (excluding diaryl/α,β-unsaturated/α-hetero) is 1. The number of hydrogen-bond donors (Lipinski definition) is 1. The van der Waals surface area contributed by atoms with E-state index in [1.54, 1.807) is 0 Å². The van der Waals surface area contributed by atoms with Crippen LogP contribution in [0.5, 0.6) is 0 Å². The highest BCUT2D eigenvalue weighted by Gasteiger charge is 2.19. The Morgan fingerprint density at radius 2 is 2.11 bits per heavy atom. The van der Waals surface area contributed by atoms with Crippen molar-refractivity contribution in [2.24, 2.45) is 0 Å². The van der Waals surface area contributed by atoms with E-state index in [-0.39, 0.29) is 17.7 Å². The van der Waals surface area contributed by atoms with E-state index < -0.39 is 0 Å². The second-order valence-corrected chi connectivity index (χ2v) is 4.78. The van der Waals surface area contributed by atoms with Crippen LogP contribution in [0.4, 0.5) is 4.39 Å². The summed E-state index contributed by atoms with van der Waals surface area (Å²) in [6.45, 7) is 2.46. The molecule has 1 aliphatic rings. The van der Waals surface area contributed by atoms with Gasteiger partial charge in [-0.25, -0.2) is 4.39 Å². The van der Waals surface area contributed by atoms with Crippen molar-refractivity contribution < 1.29 is 14.3 Å². The number of β-amino-alcohol motifs (C(OH)–C–C–N with tert-alkyl or cyclic N) is 1. The third-order valence-corrected chi connectivity index (χ3v) is 3.29. The summed E-state index contributed by atoms with van der Waals surface area (Å²) in [4.78, 5) is 14.0. The van der Waals surface area contributed by atoms with Gasteiger partial charge in [-0.3, -0.25) is 4.79 Å². The number of hydrogen-bond acceptors (Lipinski definition) is 3. The zero-order valence-corrected chi connectivity index (χ0v) is 10.3. The minimum atomic E-state index is -0.322. The molecule has 1 heterocycles. The Morgan fingerprint density at radius 1 is 1.39 bits per heavy atom. The molecule has 1 aliphatic heterocycles. The molecule has 3 nitrogen and oxygen atoms in total. The van der Waals surface area contributed by atoms with Crippen LogP contribution < -0.4 is 0 Å². The molecule has 1 N–H and O–H groups in total. The number of aliphatic hydroxyl groups is 1. The molecule has 1 atom stereocenters. The fraction of sp³-hybridized carbons (Fsp3) is 0.500. The van der Waals surface area contributed by atoms with Crippen LogP contribution in [0.2, 0.25) is 0 Å². The molecule has 1 fully saturated rings. The quantitative estimate of drug-likeness (QED) is 0.812. The Bertz CT molecular complexity index is 405. The van der Waals surface area contributed by atoms with Crippen LogP contribution in [0.25, 0.3) is 0 Å². The Morgan fingerprint density at radius 3 is 2.72 bits per heavy atom. The van der Waals surface area contributed by atoms with Crippen molar-refractivity contribution in [3.8, 4) is 0 Å². The minimum absolute atomic E-state index is 0.0507. The van der Waals surface area contributed by atoms with Crippen LogP contribution in [0.3, 0.4) is 0 Å². The van der Waals surface area contributed by atoms with Crippen LogP contribution in [0.15, 0.2) is 24.3 Å². The Balaban J connectivity index is 1.73. The van der Waals surface area contributed by atoms with Gasteiger partial charge in [0.05, 0.1) is 6.10 Å². The van der Waals surface area contributed by atoms with Crippen molar-refractivity contribution in [1.29, 1.82) is 0 Å². The van der Waals surface area contributed by atoms with Crippen molar-refractivity contribution in [1.82, 2.24) is 4.90 Å². The molecule has 98 valence electrons. The van der Waals surface area contributed by atoms with Gasteiger partial charge in [0.15, 0.2) is 5.78 Å². The number of ketones is 1. The summed E-state index contributed by atoms with van der Waals surface area (Å²) in [7, 11) is 0. The highest BCUT2D eigenvalue weighted by atomic mass is 19.1. The molecule has 0 radical (unpaired) electrons. The molecule has 0 spiro atoms. The van der Waals surface area contributed by atoms with Gasteiger partial charge in [-0.1, -0.05) is 0 Å². The summed E-state index contributed by atoms with van der Waals surface area (Å²) in [6.07, 6.45) is 1.87. The van der Waals surface area contributed by atoms with Gasteiger partial charge in [0.25, 0.3) is 0 Å². The van der Waals surface area contributed by atoms with E-state index in [9.17, 15) is 14.3 Å². The lowest BCUT2D eigenvalue weighted by molar-refractivity contribution is 0.0975. The highest BCUT2D eigenvalue weighted by molar-refractivity contribution is 5.95. The lowest BCUT2D eigenvalue weighted by atomic mass is 10.1. The second kappa shape index (κ2) is 6.07. The average molecular weight is 251 g/mol. The van der Waals surface area contributed by atoms with Crippen LogP contribution in [-0.2, 0) is 0 Å². The molecule has 1 saturated heterocycles. The number of carbonyl (C=O) groups excluding carboxylic acids is 1. The molecular formula is C14H18FNO2. The maximum atomic E-state index is 12.7. The van der Waals surface area contributed by atoms with Crippen LogP contribution in [0.1, 0.15) is 29.6 Å². The predicted molar refractivity (Wildman–Crippen MR) is 67.0 cm³/mol. The molecule has 0 saturated carbocycles. The summed E-state index contributed by atoms with van der Waals surface area (Å²) in [5, 5.41) is 9.37. The van der Waals surface area contributed by atoms with Gasteiger partial charge in [0, 0.05) is 25.1 Å². The molecule has 2 rings (SSSR count). The van der Waals surface area contributed by atoms with E-state index in [2.05, 4.69) is 4.90 Å². The third-order valence-electron chi connectivity index (χ3n) is 3.29. The predicted octanol–water partition coefficient (Wildman–Crippen LogP) is 1.86. The lowest BCUT2D eigenvalue weighted by Gasteiger charge is -2.13. The standard InChI is InChI=1S/C14H18FNO2/c15-12-5-3-11(4-6-12)14(18)2-1-8-16-9-7-13(17)10-16/h3-6,13,17H,1-2,7-10H2. The number of rotatable bonds is 5. The fourth-order valence-corrected chi connectivity index (χ4v) is 2.26. The molecule has 0 aromatic heterocycles. The number of benzene rings is 1. The van der Waals surface area contributed by atoms with Crippen molar-refractivity contribution in [2.75, 3.05) is 19.6 Å². The zero-order chi connectivity index (χ0) is 13.0.